The molecule has 0 aromatic rings. The highest BCUT2D eigenvalue weighted by Gasteiger charge is 2.23. The number of rotatable bonds is 5. The molecule has 1 saturated heterocycles. The summed E-state index contributed by atoms with van der Waals surface area (Å²) in [4.78, 5) is 2.41. The van der Waals surface area contributed by atoms with E-state index in [1.54, 1.807) is 0 Å². The Labute approximate surface area is 92.8 Å². The predicted octanol–water partition coefficient (Wildman–Crippen LogP) is 0.831. The molecule has 1 aliphatic carbocycles. The summed E-state index contributed by atoms with van der Waals surface area (Å²) >= 11 is 0. The van der Waals surface area contributed by atoms with Gasteiger partial charge in [0, 0.05) is 25.7 Å². The fourth-order valence-corrected chi connectivity index (χ4v) is 2.41. The Kier molecular flexibility index (Phi) is 4.00. The molecule has 1 heterocycles. The second-order valence-electron chi connectivity index (χ2n) is 5.34. The lowest BCUT2D eigenvalue weighted by Crippen LogP contribution is -2.43. The molecular weight excluding hydrogens is 188 g/mol. The highest BCUT2D eigenvalue weighted by Crippen LogP contribution is 2.19. The van der Waals surface area contributed by atoms with E-state index in [1.807, 2.05) is 0 Å². The van der Waals surface area contributed by atoms with Crippen LogP contribution < -0.4 is 5.32 Å². The van der Waals surface area contributed by atoms with E-state index in [1.165, 1.54) is 38.8 Å². The maximum Gasteiger partial charge on any atom is 0.0791 e. The summed E-state index contributed by atoms with van der Waals surface area (Å²) in [6, 6.07) is 0.708. The van der Waals surface area contributed by atoms with Crippen molar-refractivity contribution in [3.05, 3.63) is 0 Å². The fraction of sp³-hybridized carbons (Fsp3) is 1.00. The summed E-state index contributed by atoms with van der Waals surface area (Å²) in [6.45, 7) is 6.27. The Bertz CT molecular complexity index is 194. The minimum absolute atomic E-state index is 0.184. The second-order valence-corrected chi connectivity index (χ2v) is 5.34. The number of β-amino-alcohol motifs (C(OH)–C–C–N with tert-alkyl or cyclic N) is 1. The summed E-state index contributed by atoms with van der Waals surface area (Å²) in [6.07, 6.45) is 5.06. The third-order valence-corrected chi connectivity index (χ3v) is 3.43. The average molecular weight is 212 g/mol. The Morgan fingerprint density at radius 2 is 2.20 bits per heavy atom. The maximum atomic E-state index is 9.86. The molecule has 2 N–H and O–H groups in total. The summed E-state index contributed by atoms with van der Waals surface area (Å²) in [5, 5.41) is 13.2. The van der Waals surface area contributed by atoms with E-state index in [4.69, 9.17) is 0 Å². The van der Waals surface area contributed by atoms with Gasteiger partial charge in [0.25, 0.3) is 0 Å². The van der Waals surface area contributed by atoms with Crippen LogP contribution in [0.15, 0.2) is 0 Å². The molecule has 3 nitrogen and oxygen atoms in total. The van der Waals surface area contributed by atoms with Gasteiger partial charge in [-0.1, -0.05) is 6.92 Å². The molecule has 0 spiro atoms. The number of nitrogens with one attached hydrogen (secondary N) is 1. The first kappa shape index (κ1) is 11.4. The molecule has 2 atom stereocenters. The predicted molar refractivity (Wildman–Crippen MR) is 61.9 cm³/mol. The van der Waals surface area contributed by atoms with Gasteiger partial charge in [-0.25, -0.2) is 0 Å². The molecule has 0 bridgehead atoms. The minimum atomic E-state index is -0.184. The zero-order valence-corrected chi connectivity index (χ0v) is 9.78. The zero-order chi connectivity index (χ0) is 10.7. The Balaban J connectivity index is 1.61. The molecule has 88 valence electrons. The number of aliphatic hydroxyl groups excluding tert-OH is 1. The molecular formula is C12H24N2O. The van der Waals surface area contributed by atoms with Gasteiger partial charge in [-0.05, 0) is 38.1 Å². The zero-order valence-electron chi connectivity index (χ0n) is 9.78. The molecule has 15 heavy (non-hydrogen) atoms. The Hall–Kier alpha value is -0.120. The third-order valence-electron chi connectivity index (χ3n) is 3.43. The van der Waals surface area contributed by atoms with Crippen molar-refractivity contribution in [3.63, 3.8) is 0 Å². The van der Waals surface area contributed by atoms with Gasteiger partial charge >= 0.3 is 0 Å². The van der Waals surface area contributed by atoms with Gasteiger partial charge in [-0.3, -0.25) is 0 Å². The largest absolute Gasteiger partial charge is 0.390 e. The van der Waals surface area contributed by atoms with E-state index in [0.717, 1.165) is 19.0 Å². The summed E-state index contributed by atoms with van der Waals surface area (Å²) < 4.78 is 0. The first-order chi connectivity index (χ1) is 7.24. The third kappa shape index (κ3) is 4.09. The quantitative estimate of drug-likeness (QED) is 0.708. The molecule has 0 aromatic carbocycles. The van der Waals surface area contributed by atoms with Crippen LogP contribution in [-0.2, 0) is 0 Å². The molecule has 2 rings (SSSR count). The van der Waals surface area contributed by atoms with Crippen LogP contribution >= 0.6 is 0 Å². The fourth-order valence-electron chi connectivity index (χ4n) is 2.41. The number of hydrogen-bond donors (Lipinski definition) is 2. The normalized spacial score (nSPS) is 30.4. The van der Waals surface area contributed by atoms with Crippen LogP contribution in [0.2, 0.25) is 0 Å². The van der Waals surface area contributed by atoms with E-state index in [2.05, 4.69) is 17.1 Å². The summed E-state index contributed by atoms with van der Waals surface area (Å²) in [5.41, 5.74) is 0. The van der Waals surface area contributed by atoms with Gasteiger partial charge in [-0.15, -0.1) is 0 Å². The summed E-state index contributed by atoms with van der Waals surface area (Å²) in [5.74, 6) is 0.808. The first-order valence-corrected chi connectivity index (χ1v) is 6.38. The van der Waals surface area contributed by atoms with Crippen LogP contribution in [0.25, 0.3) is 0 Å². The maximum absolute atomic E-state index is 9.86. The molecule has 0 unspecified atom stereocenters. The number of nitrogens with zero attached hydrogens (tertiary/aromatic N) is 1. The molecule has 3 heteroatoms. The Morgan fingerprint density at radius 3 is 2.87 bits per heavy atom. The average Bonchev–Trinajstić information content (AvgIpc) is 2.98. The monoisotopic (exact) mass is 212 g/mol. The van der Waals surface area contributed by atoms with Crippen LogP contribution in [0.5, 0.6) is 0 Å². The van der Waals surface area contributed by atoms with Crippen molar-refractivity contribution in [3.8, 4) is 0 Å². The van der Waals surface area contributed by atoms with Crippen LogP contribution in [0.4, 0.5) is 0 Å². The highest BCUT2D eigenvalue weighted by atomic mass is 16.3. The molecule has 0 aromatic heterocycles. The van der Waals surface area contributed by atoms with Gasteiger partial charge in [0.15, 0.2) is 0 Å². The molecule has 2 fully saturated rings. The van der Waals surface area contributed by atoms with Gasteiger partial charge < -0.3 is 15.3 Å². The number of piperidine rings is 1. The standard InChI is InChI=1S/C12H24N2O/c1-10-3-2-6-14(8-10)9-12(15)7-13-11-4-5-11/h10-13,15H,2-9H2,1H3/t10-,12+/m1/s1. The molecule has 0 amide bonds. The van der Waals surface area contributed by atoms with Crippen molar-refractivity contribution < 1.29 is 5.11 Å². The Morgan fingerprint density at radius 1 is 1.40 bits per heavy atom. The van der Waals surface area contributed by atoms with Crippen LogP contribution in [0.3, 0.4) is 0 Å². The minimum Gasteiger partial charge on any atom is -0.390 e. The number of hydrogen-bond acceptors (Lipinski definition) is 3. The lowest BCUT2D eigenvalue weighted by molar-refractivity contribution is 0.0868. The summed E-state index contributed by atoms with van der Waals surface area (Å²) in [7, 11) is 0. The second kappa shape index (κ2) is 5.28. The lowest BCUT2D eigenvalue weighted by atomic mass is 10.00. The molecule has 1 saturated carbocycles. The molecule has 1 aliphatic heterocycles. The topological polar surface area (TPSA) is 35.5 Å². The van der Waals surface area contributed by atoms with Gasteiger partial charge in [0.2, 0.25) is 0 Å². The van der Waals surface area contributed by atoms with E-state index in [0.29, 0.717) is 6.04 Å². The first-order valence-electron chi connectivity index (χ1n) is 6.38. The van der Waals surface area contributed by atoms with E-state index in [-0.39, 0.29) is 6.10 Å². The van der Waals surface area contributed by atoms with E-state index >= 15 is 0 Å². The van der Waals surface area contributed by atoms with E-state index < -0.39 is 0 Å². The van der Waals surface area contributed by atoms with Crippen molar-refractivity contribution in [2.75, 3.05) is 26.2 Å². The van der Waals surface area contributed by atoms with Crippen molar-refractivity contribution in [1.82, 2.24) is 10.2 Å². The van der Waals surface area contributed by atoms with Gasteiger partial charge in [-0.2, -0.15) is 0 Å². The highest BCUT2D eigenvalue weighted by molar-refractivity contribution is 4.82. The SMILES string of the molecule is C[C@@H]1CCCN(C[C@@H](O)CNC2CC2)C1. The van der Waals surface area contributed by atoms with Crippen molar-refractivity contribution >= 4 is 0 Å². The van der Waals surface area contributed by atoms with Crippen LogP contribution in [0.1, 0.15) is 32.6 Å². The van der Waals surface area contributed by atoms with Crippen LogP contribution in [0, 0.1) is 5.92 Å². The number of likely N-dealkylation sites (tertiary alicyclic amines) is 1. The van der Waals surface area contributed by atoms with Gasteiger partial charge in [0.1, 0.15) is 0 Å². The van der Waals surface area contributed by atoms with E-state index in [9.17, 15) is 5.11 Å². The van der Waals surface area contributed by atoms with Crippen molar-refractivity contribution in [2.24, 2.45) is 5.92 Å². The molecule has 0 radical (unpaired) electrons. The van der Waals surface area contributed by atoms with Crippen molar-refractivity contribution in [1.29, 1.82) is 0 Å². The smallest absolute Gasteiger partial charge is 0.0791 e. The van der Waals surface area contributed by atoms with Gasteiger partial charge in [0.05, 0.1) is 6.10 Å². The van der Waals surface area contributed by atoms with Crippen LogP contribution in [-0.4, -0.2) is 48.3 Å². The van der Waals surface area contributed by atoms with Crippen molar-refractivity contribution in [2.45, 2.75) is 44.8 Å². The molecule has 2 aliphatic rings. The number of aliphatic hydroxyl groups is 1. The lowest BCUT2D eigenvalue weighted by Gasteiger charge is -2.32.